The van der Waals surface area contributed by atoms with Crippen molar-refractivity contribution in [3.63, 3.8) is 0 Å². The molecule has 1 amide bonds. The van der Waals surface area contributed by atoms with Crippen LogP contribution < -0.4 is 4.72 Å². The van der Waals surface area contributed by atoms with Gasteiger partial charge in [-0.3, -0.25) is 9.52 Å². The lowest BCUT2D eigenvalue weighted by Gasteiger charge is -2.31. The summed E-state index contributed by atoms with van der Waals surface area (Å²) in [5.74, 6) is -0.901. The number of ether oxygens (including phenoxy) is 1. The number of nitrogens with one attached hydrogen (secondary N) is 1. The monoisotopic (exact) mass is 430 g/mol. The highest BCUT2D eigenvalue weighted by atomic mass is 32.2. The molecule has 1 saturated carbocycles. The lowest BCUT2D eigenvalue weighted by molar-refractivity contribution is -0.135. The van der Waals surface area contributed by atoms with Gasteiger partial charge in [0.05, 0.1) is 10.5 Å². The molecule has 0 saturated heterocycles. The van der Waals surface area contributed by atoms with E-state index in [4.69, 9.17) is 4.74 Å². The number of anilines is 1. The van der Waals surface area contributed by atoms with Gasteiger partial charge in [-0.25, -0.2) is 13.2 Å². The predicted molar refractivity (Wildman–Crippen MR) is 114 cm³/mol. The van der Waals surface area contributed by atoms with Crippen LogP contribution >= 0.6 is 0 Å². The number of hydrogen-bond donors (Lipinski definition) is 1. The van der Waals surface area contributed by atoms with E-state index in [1.54, 1.807) is 42.3 Å². The highest BCUT2D eigenvalue weighted by Gasteiger charge is 2.23. The van der Waals surface area contributed by atoms with Crippen molar-refractivity contribution in [3.05, 3.63) is 60.2 Å². The van der Waals surface area contributed by atoms with Crippen LogP contribution in [0.4, 0.5) is 5.69 Å². The summed E-state index contributed by atoms with van der Waals surface area (Å²) in [6.07, 6.45) is 5.36. The van der Waals surface area contributed by atoms with Gasteiger partial charge >= 0.3 is 5.97 Å². The van der Waals surface area contributed by atoms with Crippen molar-refractivity contribution < 1.29 is 22.7 Å². The van der Waals surface area contributed by atoms with Crippen molar-refractivity contribution >= 4 is 27.6 Å². The van der Waals surface area contributed by atoms with Crippen LogP contribution in [0.5, 0.6) is 0 Å². The number of para-hydroxylation sites is 1. The number of nitrogens with zero attached hydrogens (tertiary/aromatic N) is 1. The Morgan fingerprint density at radius 2 is 1.63 bits per heavy atom. The Morgan fingerprint density at radius 3 is 2.27 bits per heavy atom. The van der Waals surface area contributed by atoms with Crippen molar-refractivity contribution in [2.45, 2.75) is 43.0 Å². The molecule has 2 aromatic rings. The number of benzene rings is 2. The largest absolute Gasteiger partial charge is 0.452 e. The molecule has 3 rings (SSSR count). The minimum atomic E-state index is -3.77. The quantitative estimate of drug-likeness (QED) is 0.680. The second-order valence-corrected chi connectivity index (χ2v) is 9.05. The summed E-state index contributed by atoms with van der Waals surface area (Å²) >= 11 is 0. The number of rotatable bonds is 7. The number of sulfonamides is 1. The Balaban J connectivity index is 1.56. The summed E-state index contributed by atoms with van der Waals surface area (Å²) in [7, 11) is -2.03. The molecule has 1 fully saturated rings. The predicted octanol–water partition coefficient (Wildman–Crippen LogP) is 3.44. The molecule has 0 heterocycles. The number of likely N-dealkylation sites (N-methyl/N-ethyl adjacent to an activating group) is 1. The van der Waals surface area contributed by atoms with Crippen LogP contribution in [0.1, 0.15) is 42.5 Å². The number of carbonyl (C=O) groups excluding carboxylic acids is 2. The zero-order valence-electron chi connectivity index (χ0n) is 16.9. The Morgan fingerprint density at radius 1 is 1.00 bits per heavy atom. The van der Waals surface area contributed by atoms with Gasteiger partial charge in [0.1, 0.15) is 0 Å². The molecule has 7 nitrogen and oxygen atoms in total. The van der Waals surface area contributed by atoms with E-state index in [9.17, 15) is 18.0 Å². The van der Waals surface area contributed by atoms with E-state index in [0.29, 0.717) is 5.69 Å². The number of carbonyl (C=O) groups is 2. The maximum atomic E-state index is 12.4. The summed E-state index contributed by atoms with van der Waals surface area (Å²) < 4.78 is 32.5. The molecule has 160 valence electrons. The van der Waals surface area contributed by atoms with Crippen molar-refractivity contribution in [2.75, 3.05) is 18.4 Å². The van der Waals surface area contributed by atoms with Gasteiger partial charge in [-0.2, -0.15) is 0 Å². The lowest BCUT2D eigenvalue weighted by Crippen LogP contribution is -2.40. The maximum absolute atomic E-state index is 12.4. The van der Waals surface area contributed by atoms with E-state index in [1.165, 1.54) is 30.7 Å². The van der Waals surface area contributed by atoms with Crippen LogP contribution in [0, 0.1) is 0 Å². The minimum Gasteiger partial charge on any atom is -0.452 e. The molecule has 0 atom stereocenters. The van der Waals surface area contributed by atoms with Crippen LogP contribution in [0.15, 0.2) is 59.5 Å². The van der Waals surface area contributed by atoms with Crippen LogP contribution in [-0.4, -0.2) is 44.9 Å². The van der Waals surface area contributed by atoms with Crippen molar-refractivity contribution in [3.8, 4) is 0 Å². The Bertz CT molecular complexity index is 968. The number of hydrogen-bond acceptors (Lipinski definition) is 5. The first-order valence-electron chi connectivity index (χ1n) is 9.97. The van der Waals surface area contributed by atoms with E-state index < -0.39 is 16.0 Å². The van der Waals surface area contributed by atoms with Crippen molar-refractivity contribution in [1.29, 1.82) is 0 Å². The molecule has 0 aliphatic heterocycles. The third-order valence-electron chi connectivity index (χ3n) is 5.27. The van der Waals surface area contributed by atoms with Gasteiger partial charge in [-0.15, -0.1) is 0 Å². The van der Waals surface area contributed by atoms with Gasteiger partial charge in [0.25, 0.3) is 15.9 Å². The standard InChI is InChI=1S/C22H26N2O5S/c1-24(19-10-6-3-7-11-19)21(25)16-29-22(26)17-12-14-20(15-13-17)30(27,28)23-18-8-4-2-5-9-18/h2,4-5,8-9,12-15,19,23H,3,6-7,10-11,16H2,1H3. The molecular weight excluding hydrogens is 404 g/mol. The van der Waals surface area contributed by atoms with Gasteiger partial charge in [-0.1, -0.05) is 37.5 Å². The van der Waals surface area contributed by atoms with Crippen molar-refractivity contribution in [2.24, 2.45) is 0 Å². The molecule has 0 spiro atoms. The molecule has 2 aromatic carbocycles. The first kappa shape index (κ1) is 21.8. The first-order chi connectivity index (χ1) is 14.4. The Hall–Kier alpha value is -2.87. The molecule has 0 unspecified atom stereocenters. The van der Waals surface area contributed by atoms with Gasteiger partial charge < -0.3 is 9.64 Å². The van der Waals surface area contributed by atoms with E-state index in [1.807, 2.05) is 0 Å². The molecule has 0 aromatic heterocycles. The average Bonchev–Trinajstić information content (AvgIpc) is 2.77. The third-order valence-corrected chi connectivity index (χ3v) is 6.67. The fraction of sp³-hybridized carbons (Fsp3) is 0.364. The topological polar surface area (TPSA) is 92.8 Å². The van der Waals surface area contributed by atoms with E-state index in [2.05, 4.69) is 4.72 Å². The molecule has 0 radical (unpaired) electrons. The summed E-state index contributed by atoms with van der Waals surface area (Å²) in [5, 5.41) is 0. The Kier molecular flexibility index (Phi) is 7.10. The fourth-order valence-corrected chi connectivity index (χ4v) is 4.53. The van der Waals surface area contributed by atoms with Gasteiger partial charge in [-0.05, 0) is 49.2 Å². The average molecular weight is 431 g/mol. The van der Waals surface area contributed by atoms with E-state index in [0.717, 1.165) is 25.7 Å². The Labute approximate surface area is 177 Å². The van der Waals surface area contributed by atoms with Crippen LogP contribution in [0.2, 0.25) is 0 Å². The third kappa shape index (κ3) is 5.60. The highest BCUT2D eigenvalue weighted by molar-refractivity contribution is 7.92. The molecule has 1 aliphatic rings. The lowest BCUT2D eigenvalue weighted by atomic mass is 9.94. The smallest absolute Gasteiger partial charge is 0.338 e. The molecule has 8 heteroatoms. The minimum absolute atomic E-state index is 0.0241. The summed E-state index contributed by atoms with van der Waals surface area (Å²) in [6, 6.07) is 14.1. The van der Waals surface area contributed by atoms with Crippen molar-refractivity contribution in [1.82, 2.24) is 4.90 Å². The van der Waals surface area contributed by atoms with Gasteiger partial charge in [0.15, 0.2) is 6.61 Å². The number of amides is 1. The SMILES string of the molecule is CN(C(=O)COC(=O)c1ccc(S(=O)(=O)Nc2ccccc2)cc1)C1CCCCC1. The molecular formula is C22H26N2O5S. The first-order valence-corrected chi connectivity index (χ1v) is 11.5. The summed E-state index contributed by atoms with van der Waals surface area (Å²) in [5.41, 5.74) is 0.628. The molecule has 1 N–H and O–H groups in total. The molecule has 0 bridgehead atoms. The summed E-state index contributed by atoms with van der Waals surface area (Å²) in [4.78, 5) is 26.2. The van der Waals surface area contributed by atoms with Gasteiger partial charge in [0.2, 0.25) is 0 Å². The van der Waals surface area contributed by atoms with Gasteiger partial charge in [0, 0.05) is 18.8 Å². The maximum Gasteiger partial charge on any atom is 0.338 e. The van der Waals surface area contributed by atoms with E-state index >= 15 is 0 Å². The number of esters is 1. The summed E-state index contributed by atoms with van der Waals surface area (Å²) in [6.45, 7) is -0.332. The molecule has 1 aliphatic carbocycles. The fourth-order valence-electron chi connectivity index (χ4n) is 3.47. The zero-order valence-corrected chi connectivity index (χ0v) is 17.7. The van der Waals surface area contributed by atoms with E-state index in [-0.39, 0.29) is 29.0 Å². The van der Waals surface area contributed by atoms with Crippen LogP contribution in [0.3, 0.4) is 0 Å². The second-order valence-electron chi connectivity index (χ2n) is 7.37. The second kappa shape index (κ2) is 9.75. The molecule has 30 heavy (non-hydrogen) atoms. The van der Waals surface area contributed by atoms with Crippen LogP contribution in [-0.2, 0) is 19.6 Å². The van der Waals surface area contributed by atoms with Crippen LogP contribution in [0.25, 0.3) is 0 Å². The highest BCUT2D eigenvalue weighted by Crippen LogP contribution is 2.22. The normalized spacial score (nSPS) is 14.7. The zero-order chi connectivity index (χ0) is 21.6.